The van der Waals surface area contributed by atoms with Crippen molar-refractivity contribution in [2.75, 3.05) is 18.5 Å². The quantitative estimate of drug-likeness (QED) is 0.643. The molecule has 2 heterocycles. The van der Waals surface area contributed by atoms with Gasteiger partial charge < -0.3 is 10.1 Å². The molecule has 1 aromatic heterocycles. The number of benzene rings is 2. The minimum Gasteiger partial charge on any atom is -0.381 e. The molecule has 8 nitrogen and oxygen atoms in total. The largest absolute Gasteiger partial charge is 0.381 e. The molecule has 0 spiro atoms. The van der Waals surface area contributed by atoms with Gasteiger partial charge in [0.05, 0.1) is 5.52 Å². The van der Waals surface area contributed by atoms with Gasteiger partial charge in [-0.15, -0.1) is 0 Å². The number of ether oxygens (including phenoxy) is 1. The van der Waals surface area contributed by atoms with Crippen LogP contribution in [0.3, 0.4) is 0 Å². The molecule has 158 valence electrons. The number of carbonyl (C=O) groups excluding carboxylic acids is 1. The lowest BCUT2D eigenvalue weighted by Gasteiger charge is -2.22. The van der Waals surface area contributed by atoms with Crippen molar-refractivity contribution < 1.29 is 22.3 Å². The van der Waals surface area contributed by atoms with E-state index in [-0.39, 0.29) is 5.69 Å². The summed E-state index contributed by atoms with van der Waals surface area (Å²) in [6.45, 7) is 1.92. The number of nitrogens with zero attached hydrogens (tertiary/aromatic N) is 2. The van der Waals surface area contributed by atoms with E-state index in [2.05, 4.69) is 10.4 Å². The molecule has 1 saturated heterocycles. The molecule has 0 atom stereocenters. The summed E-state index contributed by atoms with van der Waals surface area (Å²) in [5.41, 5.74) is 1.16. The molecule has 1 fully saturated rings. The van der Waals surface area contributed by atoms with Crippen molar-refractivity contribution in [3.8, 4) is 0 Å². The number of halogens is 1. The summed E-state index contributed by atoms with van der Waals surface area (Å²) in [6.07, 6.45) is 1.76. The van der Waals surface area contributed by atoms with Crippen molar-refractivity contribution in [2.45, 2.75) is 24.3 Å². The van der Waals surface area contributed by atoms with Crippen molar-refractivity contribution in [3.05, 3.63) is 54.0 Å². The van der Waals surface area contributed by atoms with Gasteiger partial charge in [-0.2, -0.15) is 5.10 Å². The lowest BCUT2D eigenvalue weighted by atomic mass is 10.0. The SMILES string of the molecule is NS(=O)(=O)c1cc(NC(=O)c2c3ccccc3nn2CC2CCOCC2)ccc1F. The number of carbonyl (C=O) groups is 1. The molecule has 30 heavy (non-hydrogen) atoms. The number of rotatable bonds is 5. The monoisotopic (exact) mass is 432 g/mol. The third-order valence-corrected chi connectivity index (χ3v) is 6.05. The standard InChI is InChI=1S/C20H21FN4O4S/c21-16-6-5-14(11-18(16)30(22,27)28)23-20(26)19-15-3-1-2-4-17(15)24-25(19)12-13-7-9-29-10-8-13/h1-6,11,13H,7-10,12H2,(H,23,26)(H2,22,27,28). The highest BCUT2D eigenvalue weighted by molar-refractivity contribution is 7.89. The van der Waals surface area contributed by atoms with Crippen molar-refractivity contribution in [2.24, 2.45) is 11.1 Å². The lowest BCUT2D eigenvalue weighted by molar-refractivity contribution is 0.0598. The predicted molar refractivity (Wildman–Crippen MR) is 109 cm³/mol. The number of hydrogen-bond donors (Lipinski definition) is 2. The number of primary sulfonamides is 1. The molecule has 0 bridgehead atoms. The first-order valence-electron chi connectivity index (χ1n) is 9.50. The second-order valence-corrected chi connectivity index (χ2v) is 8.78. The van der Waals surface area contributed by atoms with Gasteiger partial charge in [0.15, 0.2) is 0 Å². The maximum absolute atomic E-state index is 13.8. The van der Waals surface area contributed by atoms with Gasteiger partial charge in [0.1, 0.15) is 16.4 Å². The molecule has 0 saturated carbocycles. The first kappa shape index (κ1) is 20.5. The lowest BCUT2D eigenvalue weighted by Crippen LogP contribution is -2.25. The summed E-state index contributed by atoms with van der Waals surface area (Å²) < 4.78 is 44.0. The fourth-order valence-electron chi connectivity index (χ4n) is 3.61. The third-order valence-electron chi connectivity index (χ3n) is 5.13. The van der Waals surface area contributed by atoms with Gasteiger partial charge in [-0.25, -0.2) is 17.9 Å². The summed E-state index contributed by atoms with van der Waals surface area (Å²) in [6, 6.07) is 10.5. The topological polar surface area (TPSA) is 116 Å². The molecule has 10 heteroatoms. The molecule has 1 amide bonds. The number of amides is 1. The zero-order chi connectivity index (χ0) is 21.3. The Hall–Kier alpha value is -2.82. The molecule has 0 radical (unpaired) electrons. The van der Waals surface area contributed by atoms with Gasteiger partial charge in [0.25, 0.3) is 5.91 Å². The highest BCUT2D eigenvalue weighted by Gasteiger charge is 2.23. The van der Waals surface area contributed by atoms with Gasteiger partial charge >= 0.3 is 0 Å². The van der Waals surface area contributed by atoms with E-state index in [1.54, 1.807) is 10.7 Å². The summed E-state index contributed by atoms with van der Waals surface area (Å²) >= 11 is 0. The molecule has 3 N–H and O–H groups in total. The van der Waals surface area contributed by atoms with Crippen LogP contribution in [0, 0.1) is 11.7 Å². The third kappa shape index (κ3) is 4.20. The smallest absolute Gasteiger partial charge is 0.274 e. The minimum atomic E-state index is -4.26. The number of nitrogens with one attached hydrogen (secondary N) is 1. The molecule has 2 aromatic carbocycles. The predicted octanol–water partition coefficient (Wildman–Crippen LogP) is 2.50. The summed E-state index contributed by atoms with van der Waals surface area (Å²) in [5.74, 6) is -1.12. The van der Waals surface area contributed by atoms with Crippen LogP contribution < -0.4 is 10.5 Å². The first-order valence-corrected chi connectivity index (χ1v) is 11.0. The van der Waals surface area contributed by atoms with Crippen LogP contribution in [0.2, 0.25) is 0 Å². The molecule has 1 aliphatic rings. The van der Waals surface area contributed by atoms with Crippen LogP contribution in [0.15, 0.2) is 47.4 Å². The number of hydrogen-bond acceptors (Lipinski definition) is 5. The molecule has 3 aromatic rings. The average molecular weight is 432 g/mol. The van der Waals surface area contributed by atoms with Crippen LogP contribution in [0.25, 0.3) is 10.9 Å². The van der Waals surface area contributed by atoms with Gasteiger partial charge in [-0.3, -0.25) is 9.48 Å². The average Bonchev–Trinajstić information content (AvgIpc) is 3.07. The van der Waals surface area contributed by atoms with E-state index < -0.39 is 26.6 Å². The Labute approximate surface area is 172 Å². The molecule has 0 unspecified atom stereocenters. The first-order chi connectivity index (χ1) is 14.3. The number of fused-ring (bicyclic) bond motifs is 1. The number of aromatic nitrogens is 2. The molecular weight excluding hydrogens is 411 g/mol. The fourth-order valence-corrected chi connectivity index (χ4v) is 4.25. The van der Waals surface area contributed by atoms with Gasteiger partial charge in [0.2, 0.25) is 10.0 Å². The van der Waals surface area contributed by atoms with E-state index >= 15 is 0 Å². The minimum absolute atomic E-state index is 0.119. The van der Waals surface area contributed by atoms with Crippen LogP contribution in [0.4, 0.5) is 10.1 Å². The van der Waals surface area contributed by atoms with Crippen LogP contribution in [-0.2, 0) is 21.3 Å². The zero-order valence-electron chi connectivity index (χ0n) is 16.0. The zero-order valence-corrected chi connectivity index (χ0v) is 16.9. The van der Waals surface area contributed by atoms with Crippen LogP contribution in [0.5, 0.6) is 0 Å². The van der Waals surface area contributed by atoms with E-state index in [1.807, 2.05) is 18.2 Å². The second kappa shape index (κ2) is 8.13. The van der Waals surface area contributed by atoms with Gasteiger partial charge in [-0.1, -0.05) is 18.2 Å². The van der Waals surface area contributed by atoms with E-state index in [0.29, 0.717) is 42.3 Å². The van der Waals surface area contributed by atoms with Crippen molar-refractivity contribution in [3.63, 3.8) is 0 Å². The van der Waals surface area contributed by atoms with E-state index in [4.69, 9.17) is 9.88 Å². The number of anilines is 1. The van der Waals surface area contributed by atoms with Gasteiger partial charge in [0, 0.05) is 30.8 Å². The molecule has 4 rings (SSSR count). The van der Waals surface area contributed by atoms with Crippen molar-refractivity contribution in [1.29, 1.82) is 0 Å². The Balaban J connectivity index is 1.68. The summed E-state index contributed by atoms with van der Waals surface area (Å²) in [4.78, 5) is 12.4. The highest BCUT2D eigenvalue weighted by Crippen LogP contribution is 2.25. The molecule has 0 aliphatic carbocycles. The van der Waals surface area contributed by atoms with Crippen LogP contribution >= 0.6 is 0 Å². The molecular formula is C20H21FN4O4S. The summed E-state index contributed by atoms with van der Waals surface area (Å²) in [5, 5.41) is 12.9. The van der Waals surface area contributed by atoms with E-state index in [0.717, 1.165) is 25.0 Å². The Bertz CT molecular complexity index is 1200. The number of nitrogens with two attached hydrogens (primary N) is 1. The fraction of sp³-hybridized carbons (Fsp3) is 0.300. The van der Waals surface area contributed by atoms with Gasteiger partial charge in [-0.05, 0) is 43.0 Å². The van der Waals surface area contributed by atoms with Crippen LogP contribution in [0.1, 0.15) is 23.3 Å². The van der Waals surface area contributed by atoms with Crippen molar-refractivity contribution in [1.82, 2.24) is 9.78 Å². The van der Waals surface area contributed by atoms with E-state index in [1.165, 1.54) is 6.07 Å². The number of sulfonamides is 1. The maximum Gasteiger partial charge on any atom is 0.274 e. The normalized spacial score (nSPS) is 15.4. The van der Waals surface area contributed by atoms with Crippen molar-refractivity contribution >= 4 is 32.5 Å². The maximum atomic E-state index is 13.8. The van der Waals surface area contributed by atoms with Crippen LogP contribution in [-0.4, -0.2) is 37.3 Å². The Morgan fingerprint density at radius 1 is 1.23 bits per heavy atom. The highest BCUT2D eigenvalue weighted by atomic mass is 32.2. The Kier molecular flexibility index (Phi) is 5.54. The summed E-state index contributed by atoms with van der Waals surface area (Å²) in [7, 11) is -4.26. The van der Waals surface area contributed by atoms with E-state index in [9.17, 15) is 17.6 Å². The Morgan fingerprint density at radius 2 is 1.97 bits per heavy atom. The Morgan fingerprint density at radius 3 is 2.70 bits per heavy atom. The second-order valence-electron chi connectivity index (χ2n) is 7.25. The molecule has 1 aliphatic heterocycles.